The summed E-state index contributed by atoms with van der Waals surface area (Å²) in [6, 6.07) is 8.09. The molecule has 0 aliphatic carbocycles. The predicted molar refractivity (Wildman–Crippen MR) is 89.3 cm³/mol. The van der Waals surface area contributed by atoms with Crippen LogP contribution in [0, 0.1) is 6.92 Å². The molecule has 0 aliphatic heterocycles. The van der Waals surface area contributed by atoms with E-state index in [1.165, 1.54) is 16.9 Å². The van der Waals surface area contributed by atoms with Gasteiger partial charge in [0.05, 0.1) is 12.3 Å². The summed E-state index contributed by atoms with van der Waals surface area (Å²) in [5.74, 6) is -0.413. The SMILES string of the molecule is CCOC(=O)NNC(=O)c1sc(-c2ccc(CC)cc2)nc1C. The average Bonchev–Trinajstić information content (AvgIpc) is 2.95. The molecular formula is C16H19N3O3S. The normalized spacial score (nSPS) is 10.2. The van der Waals surface area contributed by atoms with Crippen molar-refractivity contribution in [3.05, 3.63) is 40.4 Å². The highest BCUT2D eigenvalue weighted by atomic mass is 32.1. The number of aromatic nitrogens is 1. The van der Waals surface area contributed by atoms with Crippen molar-refractivity contribution in [1.82, 2.24) is 15.8 Å². The lowest BCUT2D eigenvalue weighted by molar-refractivity contribution is 0.0916. The Bertz CT molecular complexity index is 695. The number of carbonyl (C=O) groups excluding carboxylic acids is 2. The highest BCUT2D eigenvalue weighted by Crippen LogP contribution is 2.28. The second-order valence-electron chi connectivity index (χ2n) is 4.78. The number of nitrogens with zero attached hydrogens (tertiary/aromatic N) is 1. The van der Waals surface area contributed by atoms with Crippen LogP contribution in [0.2, 0.25) is 0 Å². The minimum Gasteiger partial charge on any atom is -0.449 e. The fourth-order valence-electron chi connectivity index (χ4n) is 1.95. The monoisotopic (exact) mass is 333 g/mol. The first-order valence-electron chi connectivity index (χ1n) is 7.35. The van der Waals surface area contributed by atoms with Crippen LogP contribution in [-0.4, -0.2) is 23.6 Å². The van der Waals surface area contributed by atoms with Crippen molar-refractivity contribution in [2.24, 2.45) is 0 Å². The van der Waals surface area contributed by atoms with E-state index in [1.807, 2.05) is 24.3 Å². The Labute approximate surface area is 138 Å². The number of hydrazine groups is 1. The van der Waals surface area contributed by atoms with Crippen molar-refractivity contribution in [3.8, 4) is 10.6 Å². The van der Waals surface area contributed by atoms with Crippen LogP contribution in [0.4, 0.5) is 4.79 Å². The minimum absolute atomic E-state index is 0.235. The minimum atomic E-state index is -0.696. The molecule has 0 unspecified atom stereocenters. The van der Waals surface area contributed by atoms with Crippen LogP contribution < -0.4 is 10.9 Å². The summed E-state index contributed by atoms with van der Waals surface area (Å²) in [4.78, 5) is 28.2. The van der Waals surface area contributed by atoms with E-state index < -0.39 is 12.0 Å². The molecule has 7 heteroatoms. The lowest BCUT2D eigenvalue weighted by Gasteiger charge is -2.05. The highest BCUT2D eigenvalue weighted by Gasteiger charge is 2.17. The van der Waals surface area contributed by atoms with Gasteiger partial charge in [0.2, 0.25) is 0 Å². The van der Waals surface area contributed by atoms with Crippen LogP contribution in [0.25, 0.3) is 10.6 Å². The third-order valence-corrected chi connectivity index (χ3v) is 4.37. The molecule has 6 nitrogen and oxygen atoms in total. The maximum absolute atomic E-state index is 12.1. The molecule has 2 rings (SSSR count). The predicted octanol–water partition coefficient (Wildman–Crippen LogP) is 3.07. The van der Waals surface area contributed by atoms with Gasteiger partial charge in [-0.1, -0.05) is 31.2 Å². The second-order valence-corrected chi connectivity index (χ2v) is 5.78. The van der Waals surface area contributed by atoms with Gasteiger partial charge in [-0.05, 0) is 25.8 Å². The standard InChI is InChI=1S/C16H19N3O3S/c1-4-11-6-8-12(9-7-11)15-17-10(3)13(23-15)14(20)18-19-16(21)22-5-2/h6-9H,4-5H2,1-3H3,(H,18,20)(H,19,21). The maximum Gasteiger partial charge on any atom is 0.426 e. The molecule has 0 atom stereocenters. The van der Waals surface area contributed by atoms with Gasteiger partial charge in [0, 0.05) is 5.56 Å². The highest BCUT2D eigenvalue weighted by molar-refractivity contribution is 7.17. The molecule has 0 aliphatic rings. The first-order chi connectivity index (χ1) is 11.0. The maximum atomic E-state index is 12.1. The zero-order chi connectivity index (χ0) is 16.8. The van der Waals surface area contributed by atoms with E-state index in [4.69, 9.17) is 0 Å². The van der Waals surface area contributed by atoms with E-state index in [9.17, 15) is 9.59 Å². The molecular weight excluding hydrogens is 314 g/mol. The Morgan fingerprint density at radius 3 is 2.48 bits per heavy atom. The van der Waals surface area contributed by atoms with E-state index in [0.717, 1.165) is 17.0 Å². The van der Waals surface area contributed by atoms with E-state index in [1.54, 1.807) is 13.8 Å². The fourth-order valence-corrected chi connectivity index (χ4v) is 2.91. The summed E-state index contributed by atoms with van der Waals surface area (Å²) in [5, 5.41) is 0.770. The van der Waals surface area contributed by atoms with Crippen molar-refractivity contribution in [1.29, 1.82) is 0 Å². The molecule has 122 valence electrons. The summed E-state index contributed by atoms with van der Waals surface area (Å²) in [6.45, 7) is 5.78. The quantitative estimate of drug-likeness (QED) is 0.843. The van der Waals surface area contributed by atoms with Gasteiger partial charge in [-0.2, -0.15) is 0 Å². The van der Waals surface area contributed by atoms with Crippen LogP contribution in [-0.2, 0) is 11.2 Å². The van der Waals surface area contributed by atoms with Crippen molar-refractivity contribution in [2.45, 2.75) is 27.2 Å². The topological polar surface area (TPSA) is 80.3 Å². The summed E-state index contributed by atoms with van der Waals surface area (Å²) < 4.78 is 4.68. The molecule has 0 saturated carbocycles. The van der Waals surface area contributed by atoms with Gasteiger partial charge >= 0.3 is 6.09 Å². The van der Waals surface area contributed by atoms with Crippen LogP contribution in [0.3, 0.4) is 0 Å². The van der Waals surface area contributed by atoms with Crippen molar-refractivity contribution in [2.75, 3.05) is 6.61 Å². The van der Waals surface area contributed by atoms with Crippen LogP contribution in [0.1, 0.15) is 34.8 Å². The molecule has 1 aromatic heterocycles. The largest absolute Gasteiger partial charge is 0.449 e. The molecule has 0 saturated heterocycles. The molecule has 1 aromatic carbocycles. The number of rotatable bonds is 4. The first kappa shape index (κ1) is 17.0. The summed E-state index contributed by atoms with van der Waals surface area (Å²) in [7, 11) is 0. The molecule has 2 aromatic rings. The number of aryl methyl sites for hydroxylation is 2. The Morgan fingerprint density at radius 1 is 1.17 bits per heavy atom. The van der Waals surface area contributed by atoms with Crippen LogP contribution in [0.15, 0.2) is 24.3 Å². The number of hydrogen-bond donors (Lipinski definition) is 2. The number of benzene rings is 1. The van der Waals surface area contributed by atoms with E-state index in [2.05, 4.69) is 27.5 Å². The van der Waals surface area contributed by atoms with Gasteiger partial charge in [-0.15, -0.1) is 11.3 Å². The molecule has 2 N–H and O–H groups in total. The zero-order valence-electron chi connectivity index (χ0n) is 13.3. The summed E-state index contributed by atoms with van der Waals surface area (Å²) >= 11 is 1.28. The molecule has 0 bridgehead atoms. The smallest absolute Gasteiger partial charge is 0.426 e. The Kier molecular flexibility index (Phi) is 5.70. The third-order valence-electron chi connectivity index (χ3n) is 3.17. The number of hydrogen-bond acceptors (Lipinski definition) is 5. The number of nitrogens with one attached hydrogen (secondary N) is 2. The number of thiazole rings is 1. The summed E-state index contributed by atoms with van der Waals surface area (Å²) in [5.41, 5.74) is 7.34. The number of carbonyl (C=O) groups is 2. The molecule has 0 radical (unpaired) electrons. The van der Waals surface area contributed by atoms with Gasteiger partial charge in [-0.25, -0.2) is 15.2 Å². The first-order valence-corrected chi connectivity index (χ1v) is 8.16. The average molecular weight is 333 g/mol. The second kappa shape index (κ2) is 7.73. The fraction of sp³-hybridized carbons (Fsp3) is 0.312. The van der Waals surface area contributed by atoms with Gasteiger partial charge < -0.3 is 4.74 Å². The van der Waals surface area contributed by atoms with E-state index in [0.29, 0.717) is 10.6 Å². The van der Waals surface area contributed by atoms with Crippen molar-refractivity contribution in [3.63, 3.8) is 0 Å². The number of ether oxygens (including phenoxy) is 1. The van der Waals surface area contributed by atoms with Gasteiger partial charge in [0.25, 0.3) is 5.91 Å². The lowest BCUT2D eigenvalue weighted by atomic mass is 10.1. The zero-order valence-corrected chi connectivity index (χ0v) is 14.1. The van der Waals surface area contributed by atoms with Gasteiger partial charge in [-0.3, -0.25) is 10.2 Å². The van der Waals surface area contributed by atoms with Gasteiger partial charge in [0.15, 0.2) is 0 Å². The Balaban J connectivity index is 2.10. The molecule has 0 spiro atoms. The van der Waals surface area contributed by atoms with Crippen molar-refractivity contribution < 1.29 is 14.3 Å². The third kappa shape index (κ3) is 4.29. The van der Waals surface area contributed by atoms with Crippen LogP contribution in [0.5, 0.6) is 0 Å². The number of amides is 2. The summed E-state index contributed by atoms with van der Waals surface area (Å²) in [6.07, 6.45) is 0.281. The lowest BCUT2D eigenvalue weighted by Crippen LogP contribution is -2.41. The van der Waals surface area contributed by atoms with E-state index >= 15 is 0 Å². The van der Waals surface area contributed by atoms with Crippen LogP contribution >= 0.6 is 11.3 Å². The van der Waals surface area contributed by atoms with Gasteiger partial charge in [0.1, 0.15) is 9.88 Å². The molecule has 1 heterocycles. The van der Waals surface area contributed by atoms with E-state index in [-0.39, 0.29) is 6.61 Å². The van der Waals surface area contributed by atoms with Crippen molar-refractivity contribution >= 4 is 23.3 Å². The Morgan fingerprint density at radius 2 is 1.87 bits per heavy atom. The molecule has 23 heavy (non-hydrogen) atoms. The Hall–Kier alpha value is -2.41. The molecule has 0 fully saturated rings. The molecule has 2 amide bonds.